The summed E-state index contributed by atoms with van der Waals surface area (Å²) in [5.74, 6) is 0. The van der Waals surface area contributed by atoms with E-state index in [1.807, 2.05) is 0 Å². The monoisotopic (exact) mass is 228 g/mol. The molecule has 0 aliphatic heterocycles. The summed E-state index contributed by atoms with van der Waals surface area (Å²) in [6, 6.07) is 19.4. The lowest BCUT2D eigenvalue weighted by Crippen LogP contribution is -2.03. The molecule has 0 bridgehead atoms. The Bertz CT molecular complexity index is 446. The van der Waals surface area contributed by atoms with Crippen LogP contribution in [0.3, 0.4) is 0 Å². The van der Waals surface area contributed by atoms with Gasteiger partial charge in [0.05, 0.1) is 0 Å². The molecule has 0 aromatic heterocycles. The molecule has 0 nitrogen and oxygen atoms in total. The highest BCUT2D eigenvalue weighted by molar-refractivity contribution is 7.48. The lowest BCUT2D eigenvalue weighted by atomic mass is 10.1. The second kappa shape index (κ2) is 5.27. The molecule has 16 heavy (non-hydrogen) atoms. The van der Waals surface area contributed by atoms with Gasteiger partial charge in [-0.2, -0.15) is 0 Å². The SMILES string of the molecule is CC(C)Pc1ccccc1-c1ccccc1. The summed E-state index contributed by atoms with van der Waals surface area (Å²) < 4.78 is 0. The van der Waals surface area contributed by atoms with Crippen molar-refractivity contribution in [2.45, 2.75) is 19.5 Å². The first-order valence-corrected chi connectivity index (χ1v) is 6.76. The van der Waals surface area contributed by atoms with E-state index in [0.717, 1.165) is 14.2 Å². The summed E-state index contributed by atoms with van der Waals surface area (Å²) >= 11 is 0. The van der Waals surface area contributed by atoms with Gasteiger partial charge in [0.2, 0.25) is 0 Å². The maximum absolute atomic E-state index is 2.28. The van der Waals surface area contributed by atoms with Crippen LogP contribution in [0.15, 0.2) is 54.6 Å². The topological polar surface area (TPSA) is 0 Å². The largest absolute Gasteiger partial charge is 0.0871 e. The molecule has 2 aromatic carbocycles. The molecule has 1 unspecified atom stereocenters. The van der Waals surface area contributed by atoms with Gasteiger partial charge in [-0.1, -0.05) is 77.0 Å². The van der Waals surface area contributed by atoms with Crippen molar-refractivity contribution in [3.8, 4) is 11.1 Å². The van der Waals surface area contributed by atoms with Crippen molar-refractivity contribution in [2.75, 3.05) is 0 Å². The molecule has 2 rings (SSSR count). The number of benzene rings is 2. The highest BCUT2D eigenvalue weighted by Crippen LogP contribution is 2.26. The molecule has 1 heteroatoms. The Hall–Kier alpha value is -1.13. The average molecular weight is 228 g/mol. The summed E-state index contributed by atoms with van der Waals surface area (Å²) in [5, 5.41) is 1.48. The van der Waals surface area contributed by atoms with E-state index >= 15 is 0 Å². The first-order chi connectivity index (χ1) is 7.77. The summed E-state index contributed by atoms with van der Waals surface area (Å²) in [4.78, 5) is 0. The van der Waals surface area contributed by atoms with Gasteiger partial charge in [-0.15, -0.1) is 0 Å². The van der Waals surface area contributed by atoms with Gasteiger partial charge in [0.25, 0.3) is 0 Å². The highest BCUT2D eigenvalue weighted by Gasteiger charge is 2.05. The van der Waals surface area contributed by atoms with Crippen LogP contribution in [-0.4, -0.2) is 5.66 Å². The fraction of sp³-hybridized carbons (Fsp3) is 0.200. The minimum Gasteiger partial charge on any atom is -0.0871 e. The van der Waals surface area contributed by atoms with E-state index in [1.165, 1.54) is 16.4 Å². The maximum atomic E-state index is 2.28. The number of rotatable bonds is 3. The van der Waals surface area contributed by atoms with Crippen LogP contribution in [0.25, 0.3) is 11.1 Å². The van der Waals surface area contributed by atoms with Gasteiger partial charge in [0.15, 0.2) is 0 Å². The van der Waals surface area contributed by atoms with Gasteiger partial charge in [0.1, 0.15) is 0 Å². The Labute approximate surface area is 99.5 Å². The number of hydrogen-bond acceptors (Lipinski definition) is 0. The van der Waals surface area contributed by atoms with E-state index in [2.05, 4.69) is 68.4 Å². The normalized spacial score (nSPS) is 11.4. The molecule has 82 valence electrons. The first kappa shape index (κ1) is 11.4. The molecule has 0 saturated heterocycles. The Morgan fingerprint density at radius 3 is 2.12 bits per heavy atom. The highest BCUT2D eigenvalue weighted by atomic mass is 31.1. The van der Waals surface area contributed by atoms with Gasteiger partial charge in [-0.25, -0.2) is 0 Å². The summed E-state index contributed by atoms with van der Waals surface area (Å²) in [5.41, 5.74) is 3.44. The minimum absolute atomic E-state index is 0.727. The first-order valence-electron chi connectivity index (χ1n) is 5.68. The molecule has 0 heterocycles. The molecular weight excluding hydrogens is 211 g/mol. The van der Waals surface area contributed by atoms with E-state index in [0.29, 0.717) is 0 Å². The van der Waals surface area contributed by atoms with Crippen LogP contribution < -0.4 is 5.30 Å². The summed E-state index contributed by atoms with van der Waals surface area (Å²) in [6.45, 7) is 4.56. The zero-order chi connectivity index (χ0) is 11.4. The van der Waals surface area contributed by atoms with Crippen LogP contribution in [-0.2, 0) is 0 Å². The Balaban J connectivity index is 2.41. The third kappa shape index (κ3) is 2.71. The van der Waals surface area contributed by atoms with Crippen LogP contribution in [0.1, 0.15) is 13.8 Å². The van der Waals surface area contributed by atoms with Crippen molar-refractivity contribution in [1.82, 2.24) is 0 Å². The van der Waals surface area contributed by atoms with E-state index < -0.39 is 0 Å². The molecular formula is C15H17P. The van der Waals surface area contributed by atoms with Crippen molar-refractivity contribution in [1.29, 1.82) is 0 Å². The van der Waals surface area contributed by atoms with Gasteiger partial charge < -0.3 is 0 Å². The van der Waals surface area contributed by atoms with E-state index in [4.69, 9.17) is 0 Å². The molecule has 0 radical (unpaired) electrons. The second-order valence-corrected chi connectivity index (χ2v) is 6.19. The number of hydrogen-bond donors (Lipinski definition) is 0. The Morgan fingerprint density at radius 1 is 0.812 bits per heavy atom. The van der Waals surface area contributed by atoms with Crippen molar-refractivity contribution in [2.24, 2.45) is 0 Å². The molecule has 0 fully saturated rings. The van der Waals surface area contributed by atoms with Crippen LogP contribution in [0.5, 0.6) is 0 Å². The molecule has 2 aromatic rings. The summed E-state index contributed by atoms with van der Waals surface area (Å²) in [6.07, 6.45) is 0. The van der Waals surface area contributed by atoms with Crippen LogP contribution in [0.2, 0.25) is 0 Å². The van der Waals surface area contributed by atoms with Crippen molar-refractivity contribution < 1.29 is 0 Å². The van der Waals surface area contributed by atoms with E-state index in [9.17, 15) is 0 Å². The molecule has 0 spiro atoms. The third-order valence-electron chi connectivity index (χ3n) is 2.46. The van der Waals surface area contributed by atoms with E-state index in [-0.39, 0.29) is 0 Å². The van der Waals surface area contributed by atoms with Gasteiger partial charge in [-0.05, 0) is 22.1 Å². The standard InChI is InChI=1S/C15H17P/c1-12(2)16-15-11-7-6-10-14(15)13-8-4-3-5-9-13/h3-12,16H,1-2H3. The maximum Gasteiger partial charge on any atom is -0.0110 e. The fourth-order valence-corrected chi connectivity index (χ4v) is 2.99. The zero-order valence-electron chi connectivity index (χ0n) is 9.77. The van der Waals surface area contributed by atoms with Crippen molar-refractivity contribution in [3.63, 3.8) is 0 Å². The predicted octanol–water partition coefficient (Wildman–Crippen LogP) is 4.07. The Morgan fingerprint density at radius 2 is 1.44 bits per heavy atom. The van der Waals surface area contributed by atoms with Crippen LogP contribution >= 0.6 is 8.58 Å². The zero-order valence-corrected chi connectivity index (χ0v) is 10.8. The molecule has 0 N–H and O–H groups in total. The van der Waals surface area contributed by atoms with Gasteiger partial charge >= 0.3 is 0 Å². The van der Waals surface area contributed by atoms with Crippen LogP contribution in [0, 0.1) is 0 Å². The predicted molar refractivity (Wildman–Crippen MR) is 75.0 cm³/mol. The van der Waals surface area contributed by atoms with Gasteiger partial charge in [0, 0.05) is 0 Å². The fourth-order valence-electron chi connectivity index (χ4n) is 1.79. The average Bonchev–Trinajstić information content (AvgIpc) is 2.30. The molecule has 0 saturated carbocycles. The molecule has 0 amide bonds. The second-order valence-electron chi connectivity index (χ2n) is 4.21. The quantitative estimate of drug-likeness (QED) is 0.695. The minimum atomic E-state index is 0.727. The van der Waals surface area contributed by atoms with E-state index in [1.54, 1.807) is 0 Å². The van der Waals surface area contributed by atoms with Crippen LogP contribution in [0.4, 0.5) is 0 Å². The lowest BCUT2D eigenvalue weighted by Gasteiger charge is -2.11. The third-order valence-corrected chi connectivity index (χ3v) is 3.78. The molecule has 0 aliphatic rings. The Kier molecular flexibility index (Phi) is 3.74. The lowest BCUT2D eigenvalue weighted by molar-refractivity contribution is 1.11. The van der Waals surface area contributed by atoms with Crippen molar-refractivity contribution >= 4 is 13.9 Å². The molecule has 0 aliphatic carbocycles. The smallest absolute Gasteiger partial charge is 0.0110 e. The van der Waals surface area contributed by atoms with Crippen molar-refractivity contribution in [3.05, 3.63) is 54.6 Å². The van der Waals surface area contributed by atoms with Gasteiger partial charge in [-0.3, -0.25) is 0 Å². The molecule has 1 atom stereocenters. The summed E-state index contributed by atoms with van der Waals surface area (Å²) in [7, 11) is 0.885.